The van der Waals surface area contributed by atoms with Gasteiger partial charge in [0, 0.05) is 80.9 Å². The van der Waals surface area contributed by atoms with Crippen LogP contribution < -0.4 is 21.5 Å². The number of sulfonamides is 1. The predicted octanol–water partition coefficient (Wildman–Crippen LogP) is 8.59. The highest BCUT2D eigenvalue weighted by Crippen LogP contribution is 2.31. The number of amides is 2. The van der Waals surface area contributed by atoms with E-state index in [2.05, 4.69) is 25.8 Å². The molecule has 71 heavy (non-hydrogen) atoms. The standard InChI is InChI=1S/C54H64ClN9O5S2/c1-39(2)50(51-60-48-35-44(55)21-26-47(48)53(67)64(51)38-41-13-7-6-8-14-41)63(52(66)43-19-17-40(3)18-20-43)30-12-28-57-49(65)16-9-4-5-10-29-61-31-33-62(34-32-61)71(68,69)46-24-22-45(23-25-46)59-54(70)58-37-42-15-11-27-56-36-42/h6-8,11,13-15,17-27,35-36,39,50H,4-5,9-10,12,16,28-34,37-38H2,1-3H3,(H,57,65)(H2,58,59,70)/t50-/m1/s1. The van der Waals surface area contributed by atoms with E-state index in [0.29, 0.717) is 96.8 Å². The lowest BCUT2D eigenvalue weighted by Gasteiger charge is -2.35. The molecule has 6 aromatic rings. The molecule has 0 saturated carbocycles. The molecule has 374 valence electrons. The molecule has 1 atom stereocenters. The lowest BCUT2D eigenvalue weighted by atomic mass is 9.98. The fourth-order valence-electron chi connectivity index (χ4n) is 8.84. The van der Waals surface area contributed by atoms with Gasteiger partial charge in [0.2, 0.25) is 15.9 Å². The maximum absolute atomic E-state index is 14.6. The molecule has 0 radical (unpaired) electrons. The second-order valence-corrected chi connectivity index (χ2v) is 21.2. The molecule has 7 rings (SSSR count). The van der Waals surface area contributed by atoms with Gasteiger partial charge < -0.3 is 25.8 Å². The van der Waals surface area contributed by atoms with Crippen molar-refractivity contribution in [3.05, 3.63) is 165 Å². The molecular weight excluding hydrogens is 954 g/mol. The van der Waals surface area contributed by atoms with Crippen LogP contribution in [0.15, 0.2) is 131 Å². The average Bonchev–Trinajstić information content (AvgIpc) is 3.37. The van der Waals surface area contributed by atoms with Crippen molar-refractivity contribution in [1.82, 2.24) is 39.3 Å². The number of hydrogen-bond acceptors (Lipinski definition) is 9. The number of pyridine rings is 1. The summed E-state index contributed by atoms with van der Waals surface area (Å²) >= 11 is 11.8. The second-order valence-electron chi connectivity index (χ2n) is 18.4. The Labute approximate surface area is 427 Å². The largest absolute Gasteiger partial charge is 0.358 e. The van der Waals surface area contributed by atoms with Gasteiger partial charge in [0.25, 0.3) is 11.5 Å². The van der Waals surface area contributed by atoms with Gasteiger partial charge in [0.15, 0.2) is 5.11 Å². The van der Waals surface area contributed by atoms with E-state index in [9.17, 15) is 22.8 Å². The molecule has 3 N–H and O–H groups in total. The quantitative estimate of drug-likeness (QED) is 0.0441. The van der Waals surface area contributed by atoms with Crippen molar-refractivity contribution in [1.29, 1.82) is 0 Å². The Balaban J connectivity index is 0.862. The number of piperazine rings is 1. The number of thiocarbonyl (C=S) groups is 1. The summed E-state index contributed by atoms with van der Waals surface area (Å²) in [5.41, 5.74) is 4.44. The van der Waals surface area contributed by atoms with Crippen LogP contribution in [0.25, 0.3) is 10.9 Å². The van der Waals surface area contributed by atoms with E-state index < -0.39 is 16.1 Å². The van der Waals surface area contributed by atoms with Crippen molar-refractivity contribution >= 4 is 67.4 Å². The van der Waals surface area contributed by atoms with Gasteiger partial charge in [-0.15, -0.1) is 0 Å². The van der Waals surface area contributed by atoms with E-state index >= 15 is 0 Å². The van der Waals surface area contributed by atoms with Crippen molar-refractivity contribution in [2.75, 3.05) is 51.1 Å². The molecule has 1 fully saturated rings. The molecule has 14 nitrogen and oxygen atoms in total. The highest BCUT2D eigenvalue weighted by atomic mass is 35.5. The van der Waals surface area contributed by atoms with Crippen molar-refractivity contribution in [2.45, 2.75) is 83.3 Å². The van der Waals surface area contributed by atoms with Crippen LogP contribution in [0.5, 0.6) is 0 Å². The highest BCUT2D eigenvalue weighted by Gasteiger charge is 2.33. The first-order valence-electron chi connectivity index (χ1n) is 24.4. The molecule has 0 bridgehead atoms. The van der Waals surface area contributed by atoms with Crippen LogP contribution >= 0.6 is 23.8 Å². The maximum Gasteiger partial charge on any atom is 0.261 e. The fraction of sp³-hybridized carbons (Fsp3) is 0.370. The first-order valence-corrected chi connectivity index (χ1v) is 26.6. The minimum Gasteiger partial charge on any atom is -0.358 e. The molecule has 2 aromatic heterocycles. The van der Waals surface area contributed by atoms with E-state index in [1.54, 1.807) is 68.6 Å². The van der Waals surface area contributed by atoms with Crippen molar-refractivity contribution in [2.24, 2.45) is 5.92 Å². The molecule has 1 aliphatic heterocycles. The topological polar surface area (TPSA) is 162 Å². The van der Waals surface area contributed by atoms with Gasteiger partial charge in [-0.1, -0.05) is 92.4 Å². The van der Waals surface area contributed by atoms with Gasteiger partial charge in [-0.25, -0.2) is 13.4 Å². The van der Waals surface area contributed by atoms with Crippen LogP contribution in [0.4, 0.5) is 5.69 Å². The lowest BCUT2D eigenvalue weighted by molar-refractivity contribution is -0.121. The fourth-order valence-corrected chi connectivity index (χ4v) is 10.6. The third-order valence-electron chi connectivity index (χ3n) is 12.7. The lowest BCUT2D eigenvalue weighted by Crippen LogP contribution is -2.48. The monoisotopic (exact) mass is 1020 g/mol. The number of nitrogens with zero attached hydrogens (tertiary/aromatic N) is 6. The van der Waals surface area contributed by atoms with E-state index in [1.807, 2.05) is 87.5 Å². The number of hydrogen-bond donors (Lipinski definition) is 3. The Morgan fingerprint density at radius 1 is 0.831 bits per heavy atom. The van der Waals surface area contributed by atoms with E-state index in [-0.39, 0.29) is 34.7 Å². The molecule has 17 heteroatoms. The van der Waals surface area contributed by atoms with Gasteiger partial charge >= 0.3 is 0 Å². The zero-order valence-electron chi connectivity index (χ0n) is 40.7. The third-order valence-corrected chi connectivity index (χ3v) is 15.1. The molecule has 4 aromatic carbocycles. The number of benzene rings is 4. The summed E-state index contributed by atoms with van der Waals surface area (Å²) in [6, 6.07) is 32.2. The molecule has 1 saturated heterocycles. The Kier molecular flexibility index (Phi) is 18.9. The number of rotatable bonds is 22. The molecule has 2 amide bonds. The normalized spacial score (nSPS) is 13.8. The number of fused-ring (bicyclic) bond motifs is 1. The van der Waals surface area contributed by atoms with Gasteiger partial charge in [-0.05, 0) is 123 Å². The van der Waals surface area contributed by atoms with Gasteiger partial charge in [-0.3, -0.25) is 23.9 Å². The maximum atomic E-state index is 14.6. The Hall–Kier alpha value is -6.04. The van der Waals surface area contributed by atoms with E-state index in [4.69, 9.17) is 28.8 Å². The summed E-state index contributed by atoms with van der Waals surface area (Å²) in [5.74, 6) is 0.119. The van der Waals surface area contributed by atoms with E-state index in [0.717, 1.165) is 48.9 Å². The highest BCUT2D eigenvalue weighted by molar-refractivity contribution is 7.89. The zero-order valence-corrected chi connectivity index (χ0v) is 43.1. The van der Waals surface area contributed by atoms with Crippen LogP contribution in [0.2, 0.25) is 5.02 Å². The van der Waals surface area contributed by atoms with Crippen LogP contribution in [-0.4, -0.2) is 99.8 Å². The second kappa shape index (κ2) is 25.4. The van der Waals surface area contributed by atoms with E-state index in [1.165, 1.54) is 0 Å². The first kappa shape index (κ1) is 52.8. The van der Waals surface area contributed by atoms with Crippen LogP contribution in [-0.2, 0) is 27.9 Å². The molecule has 0 unspecified atom stereocenters. The SMILES string of the molecule is Cc1ccc(C(=O)N(CCCNC(=O)CCCCCCN2CCN(S(=O)(=O)c3ccc(NC(=S)NCc4cccnc4)cc3)CC2)[C@@H](c2nc3cc(Cl)ccc3c(=O)n2Cc2ccccc2)C(C)C)cc1. The van der Waals surface area contributed by atoms with Crippen molar-refractivity contribution < 1.29 is 18.0 Å². The summed E-state index contributed by atoms with van der Waals surface area (Å²) < 4.78 is 30.2. The smallest absolute Gasteiger partial charge is 0.261 e. The number of carbonyl (C=O) groups excluding carboxylic acids is 2. The van der Waals surface area contributed by atoms with Crippen LogP contribution in [0.3, 0.4) is 0 Å². The summed E-state index contributed by atoms with van der Waals surface area (Å²) in [7, 11) is -3.64. The molecule has 3 heterocycles. The Morgan fingerprint density at radius 2 is 1.55 bits per heavy atom. The minimum absolute atomic E-state index is 0.0351. The molecule has 0 spiro atoms. The summed E-state index contributed by atoms with van der Waals surface area (Å²) in [5, 5.41) is 10.6. The number of nitrogens with one attached hydrogen (secondary N) is 3. The Bertz CT molecular complexity index is 2900. The summed E-state index contributed by atoms with van der Waals surface area (Å²) in [6.45, 7) is 10.6. The third kappa shape index (κ3) is 14.5. The van der Waals surface area contributed by atoms with Gasteiger partial charge in [0.1, 0.15) is 5.82 Å². The number of anilines is 1. The molecular formula is C54H64ClN9O5S2. The number of unbranched alkanes of at least 4 members (excludes halogenated alkanes) is 3. The first-order chi connectivity index (χ1) is 34.3. The Morgan fingerprint density at radius 3 is 2.25 bits per heavy atom. The number of halogens is 1. The summed E-state index contributed by atoms with van der Waals surface area (Å²) in [4.78, 5) is 55.4. The van der Waals surface area contributed by atoms with Crippen molar-refractivity contribution in [3.63, 3.8) is 0 Å². The molecule has 0 aliphatic carbocycles. The van der Waals surface area contributed by atoms with Crippen LogP contribution in [0, 0.1) is 12.8 Å². The number of aromatic nitrogens is 3. The number of carbonyl (C=O) groups is 2. The van der Waals surface area contributed by atoms with Crippen LogP contribution in [0.1, 0.15) is 91.3 Å². The minimum atomic E-state index is -3.64. The summed E-state index contributed by atoms with van der Waals surface area (Å²) in [6.07, 6.45) is 7.96. The van der Waals surface area contributed by atoms with Gasteiger partial charge in [-0.2, -0.15) is 4.31 Å². The van der Waals surface area contributed by atoms with Crippen molar-refractivity contribution in [3.8, 4) is 0 Å². The zero-order chi connectivity index (χ0) is 50.3. The van der Waals surface area contributed by atoms with Gasteiger partial charge in [0.05, 0.1) is 28.4 Å². The predicted molar refractivity (Wildman–Crippen MR) is 286 cm³/mol. The number of aryl methyl sites for hydroxylation is 1. The average molecular weight is 1020 g/mol. The molecule has 1 aliphatic rings.